The molecule has 0 aromatic heterocycles. The van der Waals surface area contributed by atoms with Gasteiger partial charge in [-0.15, -0.1) is 0 Å². The Hall–Kier alpha value is -2.13. The molecule has 0 aliphatic carbocycles. The van der Waals surface area contributed by atoms with Crippen LogP contribution < -0.4 is 5.48 Å². The Labute approximate surface area is 184 Å². The Morgan fingerprint density at radius 2 is 1.13 bits per heavy atom. The highest BCUT2D eigenvalue weighted by Gasteiger charge is 1.94. The normalized spacial score (nSPS) is 10.2. The lowest BCUT2D eigenvalue weighted by molar-refractivity contribution is 0.112. The number of unbranched alkanes of at least 4 members (excludes halogenated alkanes) is 11. The van der Waals surface area contributed by atoms with E-state index in [4.69, 9.17) is 4.84 Å². The fraction of sp³-hybridized carbons (Fsp3) is 0.519. The van der Waals surface area contributed by atoms with Crippen molar-refractivity contribution in [2.24, 2.45) is 0 Å². The zero-order valence-corrected chi connectivity index (χ0v) is 18.9. The number of carbonyl (C=O) groups excluding carboxylic acids is 1. The molecule has 3 heteroatoms. The van der Waals surface area contributed by atoms with Gasteiger partial charge >= 0.3 is 0 Å². The standard InChI is InChI=1S/C20H35NO.C7H6O/c1-2-3-4-5-6-7-8-9-10-11-12-16-19-22-21-20-17-14-13-15-18-20;8-6-7-4-2-1-3-5-7/h13-15,17-18,21H,2-12,16,19H2,1H3;1-6H. The number of para-hydroxylation sites is 1. The number of anilines is 1. The average Bonchev–Trinajstić information content (AvgIpc) is 2.81. The van der Waals surface area contributed by atoms with E-state index in [1.165, 1.54) is 70.6 Å². The van der Waals surface area contributed by atoms with Crippen molar-refractivity contribution in [1.29, 1.82) is 0 Å². The molecular weight excluding hydrogens is 370 g/mol. The van der Waals surface area contributed by atoms with Crippen LogP contribution in [0.2, 0.25) is 0 Å². The summed E-state index contributed by atoms with van der Waals surface area (Å²) in [5.41, 5.74) is 4.74. The van der Waals surface area contributed by atoms with E-state index >= 15 is 0 Å². The number of benzene rings is 2. The first-order valence-corrected chi connectivity index (χ1v) is 11.8. The minimum absolute atomic E-state index is 0.729. The zero-order chi connectivity index (χ0) is 21.5. The summed E-state index contributed by atoms with van der Waals surface area (Å²) in [5, 5.41) is 0. The molecule has 3 nitrogen and oxygen atoms in total. The van der Waals surface area contributed by atoms with E-state index in [1.54, 1.807) is 12.1 Å². The number of rotatable bonds is 16. The van der Waals surface area contributed by atoms with Crippen molar-refractivity contribution in [2.45, 2.75) is 84.0 Å². The first-order chi connectivity index (χ1) is 14.9. The van der Waals surface area contributed by atoms with Gasteiger partial charge in [0, 0.05) is 5.56 Å². The number of hydrogen-bond donors (Lipinski definition) is 1. The van der Waals surface area contributed by atoms with E-state index < -0.39 is 0 Å². The molecule has 0 heterocycles. The van der Waals surface area contributed by atoms with Gasteiger partial charge in [0.05, 0.1) is 12.3 Å². The van der Waals surface area contributed by atoms with Gasteiger partial charge in [0.15, 0.2) is 0 Å². The van der Waals surface area contributed by atoms with Gasteiger partial charge in [-0.1, -0.05) is 126 Å². The summed E-state index contributed by atoms with van der Waals surface area (Å²) in [6.45, 7) is 3.08. The highest BCUT2D eigenvalue weighted by atomic mass is 16.6. The van der Waals surface area contributed by atoms with Gasteiger partial charge in [-0.05, 0) is 18.6 Å². The van der Waals surface area contributed by atoms with Crippen LogP contribution in [0.1, 0.15) is 94.3 Å². The maximum atomic E-state index is 10.0. The predicted octanol–water partition coefficient (Wildman–Crippen LogP) is 8.23. The minimum atomic E-state index is 0.729. The lowest BCUT2D eigenvalue weighted by Crippen LogP contribution is -2.02. The predicted molar refractivity (Wildman–Crippen MR) is 129 cm³/mol. The van der Waals surface area contributed by atoms with Crippen LogP contribution in [0.5, 0.6) is 0 Å². The van der Waals surface area contributed by atoms with E-state index in [0.717, 1.165) is 30.6 Å². The molecule has 0 fully saturated rings. The monoisotopic (exact) mass is 411 g/mol. The lowest BCUT2D eigenvalue weighted by Gasteiger charge is -2.06. The van der Waals surface area contributed by atoms with Crippen molar-refractivity contribution in [3.05, 3.63) is 66.2 Å². The molecular formula is C27H41NO2. The first-order valence-electron chi connectivity index (χ1n) is 11.8. The van der Waals surface area contributed by atoms with Crippen LogP contribution in [-0.4, -0.2) is 12.9 Å². The summed E-state index contributed by atoms with van der Waals surface area (Å²) in [7, 11) is 0. The van der Waals surface area contributed by atoms with Crippen LogP contribution in [0, 0.1) is 0 Å². The van der Waals surface area contributed by atoms with Crippen LogP contribution >= 0.6 is 0 Å². The summed E-state index contributed by atoms with van der Waals surface area (Å²) >= 11 is 0. The number of nitrogens with one attached hydrogen (secondary N) is 1. The summed E-state index contributed by atoms with van der Waals surface area (Å²) in [6.07, 6.45) is 17.4. The molecule has 0 aliphatic rings. The van der Waals surface area contributed by atoms with E-state index in [9.17, 15) is 4.79 Å². The van der Waals surface area contributed by atoms with Crippen LogP contribution in [0.15, 0.2) is 60.7 Å². The fourth-order valence-corrected chi connectivity index (χ4v) is 3.19. The Balaban J connectivity index is 0.000000467. The second kappa shape index (κ2) is 20.2. The summed E-state index contributed by atoms with van der Waals surface area (Å²) in [4.78, 5) is 15.5. The van der Waals surface area contributed by atoms with Crippen molar-refractivity contribution < 1.29 is 9.63 Å². The second-order valence-electron chi connectivity index (χ2n) is 7.73. The SMILES string of the molecule is CCCCCCCCCCCCCCONc1ccccc1.O=Cc1ccccc1. The van der Waals surface area contributed by atoms with Gasteiger partial charge in [0.25, 0.3) is 0 Å². The molecule has 0 saturated carbocycles. The molecule has 0 saturated heterocycles. The molecule has 0 unspecified atom stereocenters. The largest absolute Gasteiger partial charge is 0.298 e. The Morgan fingerprint density at radius 1 is 0.667 bits per heavy atom. The Morgan fingerprint density at radius 3 is 1.60 bits per heavy atom. The number of hydrogen-bond acceptors (Lipinski definition) is 3. The molecule has 0 spiro atoms. The highest BCUT2D eigenvalue weighted by Crippen LogP contribution is 2.12. The molecule has 30 heavy (non-hydrogen) atoms. The van der Waals surface area contributed by atoms with E-state index in [0.29, 0.717) is 0 Å². The highest BCUT2D eigenvalue weighted by molar-refractivity contribution is 5.74. The van der Waals surface area contributed by atoms with Crippen LogP contribution in [0.3, 0.4) is 0 Å². The van der Waals surface area contributed by atoms with E-state index in [2.05, 4.69) is 12.4 Å². The topological polar surface area (TPSA) is 38.3 Å². The van der Waals surface area contributed by atoms with Crippen molar-refractivity contribution >= 4 is 12.0 Å². The molecule has 1 N–H and O–H groups in total. The maximum absolute atomic E-state index is 10.0. The second-order valence-corrected chi connectivity index (χ2v) is 7.73. The van der Waals surface area contributed by atoms with Crippen molar-refractivity contribution in [3.63, 3.8) is 0 Å². The first kappa shape index (κ1) is 25.9. The lowest BCUT2D eigenvalue weighted by atomic mass is 10.1. The maximum Gasteiger partial charge on any atom is 0.150 e. The molecule has 0 amide bonds. The van der Waals surface area contributed by atoms with Gasteiger partial charge in [0.1, 0.15) is 6.29 Å². The van der Waals surface area contributed by atoms with E-state index in [1.807, 2.05) is 48.5 Å². The van der Waals surface area contributed by atoms with Crippen LogP contribution in [-0.2, 0) is 4.84 Å². The third-order valence-electron chi connectivity index (χ3n) is 5.00. The fourth-order valence-electron chi connectivity index (χ4n) is 3.19. The van der Waals surface area contributed by atoms with E-state index in [-0.39, 0.29) is 0 Å². The molecule has 2 rings (SSSR count). The summed E-state index contributed by atoms with van der Waals surface area (Å²) in [5.74, 6) is 0. The average molecular weight is 412 g/mol. The van der Waals surface area contributed by atoms with Gasteiger partial charge < -0.3 is 0 Å². The summed E-state index contributed by atoms with van der Waals surface area (Å²) in [6, 6.07) is 19.2. The minimum Gasteiger partial charge on any atom is -0.298 e. The molecule has 2 aromatic rings. The van der Waals surface area contributed by atoms with Crippen molar-refractivity contribution in [3.8, 4) is 0 Å². The van der Waals surface area contributed by atoms with Crippen LogP contribution in [0.4, 0.5) is 5.69 Å². The Kier molecular flexibility index (Phi) is 17.4. The molecule has 0 radical (unpaired) electrons. The number of aldehydes is 1. The third-order valence-corrected chi connectivity index (χ3v) is 5.00. The molecule has 166 valence electrons. The summed E-state index contributed by atoms with van der Waals surface area (Å²) < 4.78 is 0. The third kappa shape index (κ3) is 15.8. The van der Waals surface area contributed by atoms with Gasteiger partial charge in [-0.3, -0.25) is 15.1 Å². The molecule has 2 aromatic carbocycles. The smallest absolute Gasteiger partial charge is 0.150 e. The number of carbonyl (C=O) groups is 1. The molecule has 0 aliphatic heterocycles. The quantitative estimate of drug-likeness (QED) is 0.172. The van der Waals surface area contributed by atoms with Crippen molar-refractivity contribution in [1.82, 2.24) is 0 Å². The molecule has 0 atom stereocenters. The van der Waals surface area contributed by atoms with Gasteiger partial charge in [0.2, 0.25) is 0 Å². The Bertz CT molecular complexity index is 601. The van der Waals surface area contributed by atoms with Gasteiger partial charge in [-0.25, -0.2) is 0 Å². The van der Waals surface area contributed by atoms with Gasteiger partial charge in [-0.2, -0.15) is 0 Å². The molecule has 0 bridgehead atoms. The van der Waals surface area contributed by atoms with Crippen molar-refractivity contribution in [2.75, 3.05) is 12.1 Å². The zero-order valence-electron chi connectivity index (χ0n) is 18.9. The van der Waals surface area contributed by atoms with Crippen LogP contribution in [0.25, 0.3) is 0 Å².